The summed E-state index contributed by atoms with van der Waals surface area (Å²) in [5, 5.41) is 0. The highest BCUT2D eigenvalue weighted by molar-refractivity contribution is 5.79. The number of aromatic nitrogens is 2. The lowest BCUT2D eigenvalue weighted by molar-refractivity contribution is -0.108. The first kappa shape index (κ1) is 17.6. The van der Waals surface area contributed by atoms with Gasteiger partial charge in [0.25, 0.3) is 0 Å². The van der Waals surface area contributed by atoms with E-state index in [1.807, 2.05) is 42.5 Å². The average molecular weight is 361 g/mol. The van der Waals surface area contributed by atoms with Crippen LogP contribution in [0.15, 0.2) is 54.7 Å². The second-order valence-corrected chi connectivity index (χ2v) is 6.85. The number of carbonyl (C=O) groups excluding carboxylic acids is 1. The number of rotatable bonds is 6. The summed E-state index contributed by atoms with van der Waals surface area (Å²) in [6.45, 7) is 2.79. The van der Waals surface area contributed by atoms with Crippen molar-refractivity contribution in [2.75, 3.05) is 19.6 Å². The van der Waals surface area contributed by atoms with Crippen molar-refractivity contribution in [3.8, 4) is 17.0 Å². The molecule has 3 aromatic rings. The number of likely N-dealkylation sites (tertiary alicyclic amines) is 1. The van der Waals surface area contributed by atoms with Crippen molar-refractivity contribution < 1.29 is 9.53 Å². The maximum absolute atomic E-state index is 10.5. The quantitative estimate of drug-likeness (QED) is 0.626. The minimum absolute atomic E-state index is 0.195. The largest absolute Gasteiger partial charge is 0.490 e. The average Bonchev–Trinajstić information content (AvgIpc) is 2.73. The van der Waals surface area contributed by atoms with Crippen LogP contribution in [0.1, 0.15) is 19.3 Å². The molecule has 2 aromatic heterocycles. The molecular formula is C22H23N3O2. The van der Waals surface area contributed by atoms with Crippen molar-refractivity contribution >= 4 is 17.3 Å². The molecule has 0 N–H and O–H groups in total. The summed E-state index contributed by atoms with van der Waals surface area (Å²) in [6, 6.07) is 16.0. The number of benzene rings is 1. The van der Waals surface area contributed by atoms with E-state index in [1.165, 1.54) is 0 Å². The third-order valence-electron chi connectivity index (χ3n) is 5.01. The number of fused-ring (bicyclic) bond motifs is 1. The number of hydrogen-bond donors (Lipinski definition) is 0. The number of pyridine rings is 2. The Kier molecular flexibility index (Phi) is 5.39. The number of hydrogen-bond acceptors (Lipinski definition) is 5. The minimum Gasteiger partial charge on any atom is -0.490 e. The Bertz CT molecular complexity index is 920. The fraction of sp³-hybridized carbons (Fsp3) is 0.318. The molecule has 0 atom stereocenters. The molecule has 27 heavy (non-hydrogen) atoms. The van der Waals surface area contributed by atoms with Crippen LogP contribution in [0, 0.1) is 0 Å². The Morgan fingerprint density at radius 1 is 1.04 bits per heavy atom. The molecule has 0 unspecified atom stereocenters. The van der Waals surface area contributed by atoms with Gasteiger partial charge in [-0.3, -0.25) is 4.98 Å². The third-order valence-corrected chi connectivity index (χ3v) is 5.01. The Morgan fingerprint density at radius 2 is 1.89 bits per heavy atom. The molecule has 0 spiro atoms. The summed E-state index contributed by atoms with van der Waals surface area (Å²) in [5.74, 6) is 0.875. The van der Waals surface area contributed by atoms with E-state index in [2.05, 4.69) is 16.0 Å². The molecule has 0 saturated carbocycles. The van der Waals surface area contributed by atoms with Crippen molar-refractivity contribution in [3.05, 3.63) is 54.7 Å². The van der Waals surface area contributed by atoms with Gasteiger partial charge in [-0.1, -0.05) is 12.1 Å². The molecule has 1 aliphatic heterocycles. The normalized spacial score (nSPS) is 15.7. The summed E-state index contributed by atoms with van der Waals surface area (Å²) in [7, 11) is 0. The lowest BCUT2D eigenvalue weighted by atomic mass is 10.1. The smallest absolute Gasteiger partial charge is 0.129 e. The summed E-state index contributed by atoms with van der Waals surface area (Å²) < 4.78 is 6.35. The first-order valence-corrected chi connectivity index (χ1v) is 9.47. The highest BCUT2D eigenvalue weighted by Gasteiger charge is 2.21. The monoisotopic (exact) mass is 361 g/mol. The third kappa shape index (κ3) is 4.14. The van der Waals surface area contributed by atoms with E-state index in [9.17, 15) is 4.79 Å². The molecule has 1 fully saturated rings. The number of para-hydroxylation sites is 1. The fourth-order valence-electron chi connectivity index (χ4n) is 3.55. The van der Waals surface area contributed by atoms with Crippen molar-refractivity contribution in [2.24, 2.45) is 0 Å². The molecule has 5 heteroatoms. The Labute approximate surface area is 159 Å². The molecule has 1 aromatic carbocycles. The first-order chi connectivity index (χ1) is 13.3. The number of piperidine rings is 1. The molecule has 138 valence electrons. The summed E-state index contributed by atoms with van der Waals surface area (Å²) in [6.07, 6.45) is 5.52. The number of nitrogens with zero attached hydrogens (tertiary/aromatic N) is 3. The number of ether oxygens (including phenoxy) is 1. The zero-order valence-corrected chi connectivity index (χ0v) is 15.3. The van der Waals surface area contributed by atoms with Gasteiger partial charge in [0, 0.05) is 37.8 Å². The van der Waals surface area contributed by atoms with E-state index in [-0.39, 0.29) is 6.10 Å². The van der Waals surface area contributed by atoms with Crippen LogP contribution in [0.3, 0.4) is 0 Å². The zero-order valence-electron chi connectivity index (χ0n) is 15.3. The van der Waals surface area contributed by atoms with Gasteiger partial charge >= 0.3 is 0 Å². The minimum atomic E-state index is 0.195. The molecule has 3 heterocycles. The SMILES string of the molecule is O=CCCN1CCC(Oc2ccccc2-c2ccc3ncccc3n2)CC1. The van der Waals surface area contributed by atoms with Crippen LogP contribution >= 0.6 is 0 Å². The lowest BCUT2D eigenvalue weighted by Gasteiger charge is -2.32. The molecule has 0 aliphatic carbocycles. The van der Waals surface area contributed by atoms with Gasteiger partial charge in [0.1, 0.15) is 18.1 Å². The van der Waals surface area contributed by atoms with E-state index >= 15 is 0 Å². The van der Waals surface area contributed by atoms with Gasteiger partial charge in [-0.15, -0.1) is 0 Å². The van der Waals surface area contributed by atoms with E-state index < -0.39 is 0 Å². The molecule has 0 bridgehead atoms. The maximum Gasteiger partial charge on any atom is 0.129 e. The van der Waals surface area contributed by atoms with E-state index in [0.717, 1.165) is 66.8 Å². The fourth-order valence-corrected chi connectivity index (χ4v) is 3.55. The Hall–Kier alpha value is -2.79. The highest BCUT2D eigenvalue weighted by atomic mass is 16.5. The molecule has 0 amide bonds. The second-order valence-electron chi connectivity index (χ2n) is 6.85. The van der Waals surface area contributed by atoms with E-state index in [1.54, 1.807) is 6.20 Å². The molecule has 4 rings (SSSR count). The van der Waals surface area contributed by atoms with E-state index in [4.69, 9.17) is 9.72 Å². The van der Waals surface area contributed by atoms with Crippen molar-refractivity contribution in [2.45, 2.75) is 25.4 Å². The van der Waals surface area contributed by atoms with Crippen molar-refractivity contribution in [1.29, 1.82) is 0 Å². The molecular weight excluding hydrogens is 338 g/mol. The van der Waals surface area contributed by atoms with Crippen molar-refractivity contribution in [1.82, 2.24) is 14.9 Å². The molecule has 0 radical (unpaired) electrons. The van der Waals surface area contributed by atoms with Gasteiger partial charge in [0.05, 0.1) is 16.7 Å². The highest BCUT2D eigenvalue weighted by Crippen LogP contribution is 2.31. The molecule has 5 nitrogen and oxygen atoms in total. The maximum atomic E-state index is 10.5. The topological polar surface area (TPSA) is 55.3 Å². The van der Waals surface area contributed by atoms with Crippen molar-refractivity contribution in [3.63, 3.8) is 0 Å². The van der Waals surface area contributed by atoms with Crippen LogP contribution < -0.4 is 4.74 Å². The second kappa shape index (κ2) is 8.27. The van der Waals surface area contributed by atoms with Crippen LogP contribution in [-0.4, -0.2) is 46.9 Å². The standard InChI is InChI=1S/C22H23N3O2/c26-16-4-13-25-14-10-17(11-15-25)27-22-7-2-1-5-18(22)19-8-9-20-21(24-19)6-3-12-23-20/h1-3,5-9,12,16-17H,4,10-11,13-15H2. The van der Waals surface area contributed by atoms with E-state index in [0.29, 0.717) is 6.42 Å². The van der Waals surface area contributed by atoms with Crippen LogP contribution in [0.2, 0.25) is 0 Å². The van der Waals surface area contributed by atoms with Crippen LogP contribution in [0.5, 0.6) is 5.75 Å². The molecule has 1 saturated heterocycles. The summed E-state index contributed by atoms with van der Waals surface area (Å²) >= 11 is 0. The van der Waals surface area contributed by atoms with Gasteiger partial charge < -0.3 is 14.4 Å². The van der Waals surface area contributed by atoms with Gasteiger partial charge in [0.2, 0.25) is 0 Å². The van der Waals surface area contributed by atoms with Crippen LogP contribution in [-0.2, 0) is 4.79 Å². The Balaban J connectivity index is 1.50. The van der Waals surface area contributed by atoms with Gasteiger partial charge in [-0.05, 0) is 49.2 Å². The predicted octanol–water partition coefficient (Wildman–Crippen LogP) is 3.73. The molecule has 1 aliphatic rings. The Morgan fingerprint density at radius 3 is 2.74 bits per heavy atom. The van der Waals surface area contributed by atoms with Crippen LogP contribution in [0.4, 0.5) is 0 Å². The number of aldehydes is 1. The predicted molar refractivity (Wildman–Crippen MR) is 106 cm³/mol. The first-order valence-electron chi connectivity index (χ1n) is 9.47. The van der Waals surface area contributed by atoms with Gasteiger partial charge in [0.15, 0.2) is 0 Å². The number of carbonyl (C=O) groups is 1. The van der Waals surface area contributed by atoms with Gasteiger partial charge in [-0.25, -0.2) is 4.98 Å². The summed E-state index contributed by atoms with van der Waals surface area (Å²) in [4.78, 5) is 22.0. The summed E-state index contributed by atoms with van der Waals surface area (Å²) in [5.41, 5.74) is 3.68. The zero-order chi connectivity index (χ0) is 18.5. The lowest BCUT2D eigenvalue weighted by Crippen LogP contribution is -2.38. The van der Waals surface area contributed by atoms with Crippen LogP contribution in [0.25, 0.3) is 22.3 Å². The van der Waals surface area contributed by atoms with Gasteiger partial charge in [-0.2, -0.15) is 0 Å².